The fraction of sp³-hybridized carbons (Fsp3) is 0.179. The number of carbonyl (C=O) groups excluding carboxylic acids is 2. The van der Waals surface area contributed by atoms with Gasteiger partial charge in [0.1, 0.15) is 11.4 Å². The van der Waals surface area contributed by atoms with Gasteiger partial charge in [0, 0.05) is 11.6 Å². The zero-order valence-electron chi connectivity index (χ0n) is 20.2. The Morgan fingerprint density at radius 2 is 1.78 bits per heavy atom. The number of carbonyl (C=O) groups is 2. The number of rotatable bonds is 7. The summed E-state index contributed by atoms with van der Waals surface area (Å²) in [4.78, 5) is 32.2. The molecule has 0 aromatic heterocycles. The number of nitrogens with one attached hydrogen (secondary N) is 1. The first-order valence-electron chi connectivity index (χ1n) is 11.3. The number of benzene rings is 3. The Morgan fingerprint density at radius 3 is 2.44 bits per heavy atom. The van der Waals surface area contributed by atoms with Gasteiger partial charge in [-0.1, -0.05) is 59.8 Å². The molecule has 0 fully saturated rings. The molecule has 0 saturated carbocycles. The Kier molecular flexibility index (Phi) is 8.13. The lowest BCUT2D eigenvalue weighted by Crippen LogP contribution is -2.32. The molecule has 1 N–H and O–H groups in total. The maximum Gasteiger partial charge on any atom is 0.283 e. The lowest BCUT2D eigenvalue weighted by atomic mass is 10.1. The fourth-order valence-electron chi connectivity index (χ4n) is 3.78. The van der Waals surface area contributed by atoms with Crippen LogP contribution in [0.3, 0.4) is 0 Å². The number of aliphatic imine (C=N–C) groups is 1. The molecule has 0 bridgehead atoms. The van der Waals surface area contributed by atoms with E-state index in [1.807, 2.05) is 74.5 Å². The third-order valence-electron chi connectivity index (χ3n) is 5.48. The van der Waals surface area contributed by atoms with Gasteiger partial charge in [0.25, 0.3) is 5.91 Å². The average molecular weight is 520 g/mol. The molecule has 36 heavy (non-hydrogen) atoms. The number of hydrogen-bond donors (Lipinski definition) is 1. The molecule has 0 spiro atoms. The van der Waals surface area contributed by atoms with Crippen molar-refractivity contribution in [2.45, 2.75) is 20.4 Å². The number of nitrogens with zero attached hydrogens (tertiary/aromatic N) is 2. The highest BCUT2D eigenvalue weighted by Gasteiger charge is 2.32. The Labute approximate surface area is 220 Å². The SMILES string of the molecule is COc1ccc(/C=C2\N=C(SCC(=O)NCc3ccccc3Cl)N(c3cc(C)cc(C)c3)C2=O)cc1. The summed E-state index contributed by atoms with van der Waals surface area (Å²) in [5.41, 5.74) is 4.76. The van der Waals surface area contributed by atoms with E-state index in [2.05, 4.69) is 10.3 Å². The molecule has 1 heterocycles. The second-order valence-electron chi connectivity index (χ2n) is 8.34. The first-order chi connectivity index (χ1) is 17.3. The number of thioether (sulfide) groups is 1. The van der Waals surface area contributed by atoms with Crippen LogP contribution in [0.25, 0.3) is 6.08 Å². The van der Waals surface area contributed by atoms with Crippen LogP contribution in [-0.2, 0) is 16.1 Å². The molecule has 0 radical (unpaired) electrons. The van der Waals surface area contributed by atoms with Crippen molar-refractivity contribution in [1.29, 1.82) is 0 Å². The fourth-order valence-corrected chi connectivity index (χ4v) is 4.82. The summed E-state index contributed by atoms with van der Waals surface area (Å²) in [5, 5.41) is 3.94. The summed E-state index contributed by atoms with van der Waals surface area (Å²) >= 11 is 7.40. The molecule has 0 aliphatic carbocycles. The Morgan fingerprint density at radius 1 is 1.08 bits per heavy atom. The van der Waals surface area contributed by atoms with Crippen LogP contribution >= 0.6 is 23.4 Å². The second-order valence-corrected chi connectivity index (χ2v) is 9.69. The zero-order chi connectivity index (χ0) is 25.7. The monoisotopic (exact) mass is 519 g/mol. The molecule has 8 heteroatoms. The molecule has 184 valence electrons. The van der Waals surface area contributed by atoms with E-state index in [4.69, 9.17) is 16.3 Å². The number of halogens is 1. The van der Waals surface area contributed by atoms with Gasteiger partial charge >= 0.3 is 0 Å². The highest BCUT2D eigenvalue weighted by Crippen LogP contribution is 2.31. The van der Waals surface area contributed by atoms with Crippen molar-refractivity contribution >= 4 is 52.1 Å². The molecule has 0 saturated heterocycles. The van der Waals surface area contributed by atoms with E-state index in [9.17, 15) is 9.59 Å². The van der Waals surface area contributed by atoms with Crippen LogP contribution in [0.2, 0.25) is 5.02 Å². The topological polar surface area (TPSA) is 71.0 Å². The van der Waals surface area contributed by atoms with Crippen molar-refractivity contribution in [3.05, 3.63) is 99.7 Å². The maximum atomic E-state index is 13.4. The van der Waals surface area contributed by atoms with Gasteiger partial charge in [-0.15, -0.1) is 0 Å². The van der Waals surface area contributed by atoms with E-state index < -0.39 is 0 Å². The van der Waals surface area contributed by atoms with Gasteiger partial charge in [-0.3, -0.25) is 14.5 Å². The molecule has 1 aliphatic rings. The third kappa shape index (κ3) is 6.17. The van der Waals surface area contributed by atoms with Gasteiger partial charge in [-0.25, -0.2) is 4.99 Å². The Balaban J connectivity index is 1.55. The van der Waals surface area contributed by atoms with Gasteiger partial charge < -0.3 is 10.1 Å². The van der Waals surface area contributed by atoms with E-state index in [0.717, 1.165) is 33.7 Å². The highest BCUT2D eigenvalue weighted by atomic mass is 35.5. The van der Waals surface area contributed by atoms with Gasteiger partial charge in [-0.05, 0) is 72.5 Å². The third-order valence-corrected chi connectivity index (χ3v) is 6.79. The number of methoxy groups -OCH3 is 1. The summed E-state index contributed by atoms with van der Waals surface area (Å²) in [6.45, 7) is 4.29. The second kappa shape index (κ2) is 11.5. The molecule has 1 aliphatic heterocycles. The van der Waals surface area contributed by atoms with Crippen LogP contribution in [0, 0.1) is 13.8 Å². The number of amidine groups is 1. The van der Waals surface area contributed by atoms with Crippen molar-refractivity contribution in [1.82, 2.24) is 5.32 Å². The molecule has 3 aromatic carbocycles. The molecule has 3 aromatic rings. The molecule has 4 rings (SSSR count). The summed E-state index contributed by atoms with van der Waals surface area (Å²) in [5.74, 6) is 0.417. The van der Waals surface area contributed by atoms with Gasteiger partial charge in [0.05, 0.1) is 18.6 Å². The summed E-state index contributed by atoms with van der Waals surface area (Å²) < 4.78 is 5.21. The van der Waals surface area contributed by atoms with Crippen LogP contribution in [0.5, 0.6) is 5.75 Å². The van der Waals surface area contributed by atoms with Crippen LogP contribution in [0.4, 0.5) is 5.69 Å². The average Bonchev–Trinajstić information content (AvgIpc) is 3.16. The smallest absolute Gasteiger partial charge is 0.283 e. The summed E-state index contributed by atoms with van der Waals surface area (Å²) in [6, 6.07) is 20.7. The van der Waals surface area contributed by atoms with Crippen molar-refractivity contribution in [2.75, 3.05) is 17.8 Å². The standard InChI is InChI=1S/C28H26ClN3O3S/c1-18-12-19(2)14-22(13-18)32-27(34)25(15-20-8-10-23(35-3)11-9-20)31-28(32)36-17-26(33)30-16-21-6-4-5-7-24(21)29/h4-15H,16-17H2,1-3H3,(H,30,33)/b25-15-. The van der Waals surface area contributed by atoms with E-state index in [1.165, 1.54) is 11.8 Å². The number of aryl methyl sites for hydroxylation is 2. The number of ether oxygens (including phenoxy) is 1. The number of amides is 2. The zero-order valence-corrected chi connectivity index (χ0v) is 21.8. The van der Waals surface area contributed by atoms with Crippen LogP contribution in [-0.4, -0.2) is 29.8 Å². The summed E-state index contributed by atoms with van der Waals surface area (Å²) in [6.07, 6.45) is 1.74. The normalized spacial score (nSPS) is 14.2. The highest BCUT2D eigenvalue weighted by molar-refractivity contribution is 8.14. The molecule has 0 atom stereocenters. The first kappa shape index (κ1) is 25.5. The Hall–Kier alpha value is -3.55. The lowest BCUT2D eigenvalue weighted by Gasteiger charge is -2.19. The van der Waals surface area contributed by atoms with Gasteiger partial charge in [0.15, 0.2) is 5.17 Å². The predicted molar refractivity (Wildman–Crippen MR) is 148 cm³/mol. The van der Waals surface area contributed by atoms with Crippen LogP contribution in [0.1, 0.15) is 22.3 Å². The summed E-state index contributed by atoms with van der Waals surface area (Å²) in [7, 11) is 1.61. The van der Waals surface area contributed by atoms with E-state index in [-0.39, 0.29) is 17.6 Å². The van der Waals surface area contributed by atoms with Crippen molar-refractivity contribution < 1.29 is 14.3 Å². The van der Waals surface area contributed by atoms with Crippen molar-refractivity contribution in [3.63, 3.8) is 0 Å². The van der Waals surface area contributed by atoms with Gasteiger partial charge in [0.2, 0.25) is 5.91 Å². The number of anilines is 1. The van der Waals surface area contributed by atoms with E-state index >= 15 is 0 Å². The molecule has 6 nitrogen and oxygen atoms in total. The first-order valence-corrected chi connectivity index (χ1v) is 12.7. The van der Waals surface area contributed by atoms with E-state index in [1.54, 1.807) is 24.2 Å². The largest absolute Gasteiger partial charge is 0.497 e. The van der Waals surface area contributed by atoms with Crippen LogP contribution in [0.15, 0.2) is 77.4 Å². The minimum Gasteiger partial charge on any atom is -0.497 e. The molecule has 0 unspecified atom stereocenters. The minimum atomic E-state index is -0.241. The van der Waals surface area contributed by atoms with Crippen molar-refractivity contribution in [3.8, 4) is 5.75 Å². The Bertz CT molecular complexity index is 1330. The van der Waals surface area contributed by atoms with Crippen LogP contribution < -0.4 is 15.0 Å². The molecule has 2 amide bonds. The van der Waals surface area contributed by atoms with Gasteiger partial charge in [-0.2, -0.15) is 0 Å². The predicted octanol–water partition coefficient (Wildman–Crippen LogP) is 5.76. The molecular formula is C28H26ClN3O3S. The minimum absolute atomic E-state index is 0.105. The lowest BCUT2D eigenvalue weighted by molar-refractivity contribution is -0.118. The van der Waals surface area contributed by atoms with E-state index in [0.29, 0.717) is 22.4 Å². The quantitative estimate of drug-likeness (QED) is 0.403. The maximum absolute atomic E-state index is 13.4. The number of hydrogen-bond acceptors (Lipinski definition) is 5. The van der Waals surface area contributed by atoms with Crippen molar-refractivity contribution in [2.24, 2.45) is 4.99 Å². The molecular weight excluding hydrogens is 494 g/mol.